The monoisotopic (exact) mass is 435 g/mol. The van der Waals surface area contributed by atoms with E-state index in [1.54, 1.807) is 0 Å². The SMILES string of the molecule is C[C@H](Nc1nc(-c2ccccc2)ccc1NCC(N)CS)C(=O)NCc1ccccc1. The zero-order valence-corrected chi connectivity index (χ0v) is 18.5. The van der Waals surface area contributed by atoms with Gasteiger partial charge in [0.15, 0.2) is 5.82 Å². The number of benzene rings is 2. The standard InChI is InChI=1S/C24H29N5OS/c1-17(24(30)27-14-18-8-4-2-5-9-18)28-23-22(26-15-20(25)16-31)13-12-21(29-23)19-10-6-3-7-11-19/h2-13,17,20,26,31H,14-16,25H2,1H3,(H,27,30)(H,28,29)/t17-,20?/m0/s1. The van der Waals surface area contributed by atoms with Crippen molar-refractivity contribution in [2.45, 2.75) is 25.6 Å². The number of pyridine rings is 1. The van der Waals surface area contributed by atoms with Gasteiger partial charge in [0.25, 0.3) is 0 Å². The average molecular weight is 436 g/mol. The van der Waals surface area contributed by atoms with Crippen LogP contribution in [-0.2, 0) is 11.3 Å². The van der Waals surface area contributed by atoms with Gasteiger partial charge in [-0.2, -0.15) is 12.6 Å². The molecule has 1 aromatic heterocycles. The molecule has 0 fully saturated rings. The number of nitrogens with two attached hydrogens (primary N) is 1. The minimum atomic E-state index is -0.471. The van der Waals surface area contributed by atoms with Crippen LogP contribution in [0.15, 0.2) is 72.8 Å². The summed E-state index contributed by atoms with van der Waals surface area (Å²) in [5.41, 5.74) is 9.66. The average Bonchev–Trinajstić information content (AvgIpc) is 2.82. The van der Waals surface area contributed by atoms with Crippen LogP contribution < -0.4 is 21.7 Å². The summed E-state index contributed by atoms with van der Waals surface area (Å²) in [6.07, 6.45) is 0. The number of hydrogen-bond acceptors (Lipinski definition) is 6. The van der Waals surface area contributed by atoms with Gasteiger partial charge in [-0.15, -0.1) is 0 Å². The Morgan fingerprint density at radius 3 is 2.39 bits per heavy atom. The van der Waals surface area contributed by atoms with E-state index in [0.29, 0.717) is 24.7 Å². The first-order chi connectivity index (χ1) is 15.1. The van der Waals surface area contributed by atoms with Crippen molar-refractivity contribution in [1.82, 2.24) is 10.3 Å². The summed E-state index contributed by atoms with van der Waals surface area (Å²) in [4.78, 5) is 17.4. The molecule has 0 saturated carbocycles. The lowest BCUT2D eigenvalue weighted by molar-refractivity contribution is -0.121. The highest BCUT2D eigenvalue weighted by Gasteiger charge is 2.16. The summed E-state index contributed by atoms with van der Waals surface area (Å²) < 4.78 is 0. The van der Waals surface area contributed by atoms with E-state index in [0.717, 1.165) is 22.5 Å². The lowest BCUT2D eigenvalue weighted by Gasteiger charge is -2.20. The molecule has 0 aliphatic heterocycles. The van der Waals surface area contributed by atoms with Gasteiger partial charge in [0.2, 0.25) is 5.91 Å². The van der Waals surface area contributed by atoms with Crippen molar-refractivity contribution in [2.75, 3.05) is 22.9 Å². The molecule has 31 heavy (non-hydrogen) atoms. The van der Waals surface area contributed by atoms with Gasteiger partial charge in [-0.1, -0.05) is 60.7 Å². The molecule has 2 aromatic carbocycles. The van der Waals surface area contributed by atoms with Crippen LogP contribution in [0.4, 0.5) is 11.5 Å². The first-order valence-corrected chi connectivity index (χ1v) is 10.9. The Morgan fingerprint density at radius 2 is 1.71 bits per heavy atom. The van der Waals surface area contributed by atoms with Crippen LogP contribution >= 0.6 is 12.6 Å². The number of carbonyl (C=O) groups excluding carboxylic acids is 1. The minimum Gasteiger partial charge on any atom is -0.380 e. The number of rotatable bonds is 10. The second-order valence-corrected chi connectivity index (χ2v) is 7.72. The van der Waals surface area contributed by atoms with E-state index in [4.69, 9.17) is 10.7 Å². The van der Waals surface area contributed by atoms with E-state index in [1.807, 2.05) is 79.7 Å². The highest BCUT2D eigenvalue weighted by Crippen LogP contribution is 2.26. The number of aromatic nitrogens is 1. The van der Waals surface area contributed by atoms with E-state index in [1.165, 1.54) is 0 Å². The molecule has 0 spiro atoms. The van der Waals surface area contributed by atoms with Crippen LogP contribution in [-0.4, -0.2) is 35.3 Å². The van der Waals surface area contributed by atoms with E-state index < -0.39 is 6.04 Å². The smallest absolute Gasteiger partial charge is 0.242 e. The van der Waals surface area contributed by atoms with Crippen molar-refractivity contribution in [2.24, 2.45) is 5.73 Å². The molecular formula is C24H29N5OS. The molecule has 162 valence electrons. The predicted octanol–water partition coefficient (Wildman–Crippen LogP) is 3.53. The third-order valence-electron chi connectivity index (χ3n) is 4.81. The molecule has 7 heteroatoms. The van der Waals surface area contributed by atoms with E-state index in [-0.39, 0.29) is 11.9 Å². The molecule has 6 nitrogen and oxygen atoms in total. The maximum absolute atomic E-state index is 12.6. The van der Waals surface area contributed by atoms with E-state index >= 15 is 0 Å². The quantitative estimate of drug-likeness (QED) is 0.314. The third kappa shape index (κ3) is 6.73. The van der Waals surface area contributed by atoms with Gasteiger partial charge in [-0.05, 0) is 24.6 Å². The maximum atomic E-state index is 12.6. The zero-order chi connectivity index (χ0) is 22.1. The van der Waals surface area contributed by atoms with Gasteiger partial charge in [-0.3, -0.25) is 4.79 Å². The molecule has 3 aromatic rings. The molecule has 0 aliphatic rings. The Balaban J connectivity index is 1.74. The second kappa shape index (κ2) is 11.4. The fourth-order valence-corrected chi connectivity index (χ4v) is 3.12. The first kappa shape index (κ1) is 22.7. The normalized spacial score (nSPS) is 12.6. The zero-order valence-electron chi connectivity index (χ0n) is 17.6. The summed E-state index contributed by atoms with van der Waals surface area (Å²) in [5.74, 6) is 1.08. The van der Waals surface area contributed by atoms with Crippen molar-refractivity contribution in [1.29, 1.82) is 0 Å². The molecule has 1 unspecified atom stereocenters. The molecule has 0 saturated heterocycles. The molecule has 0 bridgehead atoms. The summed E-state index contributed by atoms with van der Waals surface area (Å²) in [5, 5.41) is 9.53. The van der Waals surface area contributed by atoms with E-state index in [9.17, 15) is 4.79 Å². The predicted molar refractivity (Wildman–Crippen MR) is 131 cm³/mol. The van der Waals surface area contributed by atoms with Gasteiger partial charge in [0.1, 0.15) is 6.04 Å². The molecule has 1 amide bonds. The Hall–Kier alpha value is -3.03. The molecule has 0 aliphatic carbocycles. The van der Waals surface area contributed by atoms with Crippen LogP contribution in [0, 0.1) is 0 Å². The number of anilines is 2. The third-order valence-corrected chi connectivity index (χ3v) is 5.28. The van der Waals surface area contributed by atoms with Gasteiger partial charge in [-0.25, -0.2) is 4.98 Å². The van der Waals surface area contributed by atoms with Crippen molar-refractivity contribution < 1.29 is 4.79 Å². The number of amides is 1. The number of thiol groups is 1. The van der Waals surface area contributed by atoms with Crippen LogP contribution in [0.1, 0.15) is 12.5 Å². The number of nitrogens with one attached hydrogen (secondary N) is 3. The summed E-state index contributed by atoms with van der Waals surface area (Å²) in [6, 6.07) is 23.1. The van der Waals surface area contributed by atoms with Crippen LogP contribution in [0.2, 0.25) is 0 Å². The molecule has 5 N–H and O–H groups in total. The topological polar surface area (TPSA) is 92.1 Å². The first-order valence-electron chi connectivity index (χ1n) is 10.3. The number of carbonyl (C=O) groups is 1. The minimum absolute atomic E-state index is 0.0865. The van der Waals surface area contributed by atoms with Crippen LogP contribution in [0.5, 0.6) is 0 Å². The molecular weight excluding hydrogens is 406 g/mol. The Bertz CT molecular complexity index is 968. The maximum Gasteiger partial charge on any atom is 0.242 e. The van der Waals surface area contributed by atoms with Crippen LogP contribution in [0.25, 0.3) is 11.3 Å². The van der Waals surface area contributed by atoms with Gasteiger partial charge >= 0.3 is 0 Å². The molecule has 2 atom stereocenters. The van der Waals surface area contributed by atoms with Gasteiger partial charge < -0.3 is 21.7 Å². The van der Waals surface area contributed by atoms with Gasteiger partial charge in [0, 0.05) is 30.4 Å². The van der Waals surface area contributed by atoms with Crippen molar-refractivity contribution >= 4 is 30.0 Å². The number of nitrogens with zero attached hydrogens (tertiary/aromatic N) is 1. The lowest BCUT2D eigenvalue weighted by atomic mass is 10.1. The van der Waals surface area contributed by atoms with Crippen molar-refractivity contribution in [3.05, 3.63) is 78.4 Å². The summed E-state index contributed by atoms with van der Waals surface area (Å²) in [7, 11) is 0. The Kier molecular flexibility index (Phi) is 8.32. The summed E-state index contributed by atoms with van der Waals surface area (Å²) >= 11 is 4.24. The van der Waals surface area contributed by atoms with Crippen LogP contribution in [0.3, 0.4) is 0 Å². The summed E-state index contributed by atoms with van der Waals surface area (Å²) in [6.45, 7) is 2.85. The Morgan fingerprint density at radius 1 is 1.03 bits per heavy atom. The van der Waals surface area contributed by atoms with Crippen molar-refractivity contribution in [3.8, 4) is 11.3 Å². The fourth-order valence-electron chi connectivity index (χ4n) is 3.00. The second-order valence-electron chi connectivity index (χ2n) is 7.35. The highest BCUT2D eigenvalue weighted by atomic mass is 32.1. The Labute approximate surface area is 189 Å². The van der Waals surface area contributed by atoms with Crippen molar-refractivity contribution in [3.63, 3.8) is 0 Å². The van der Waals surface area contributed by atoms with Gasteiger partial charge in [0.05, 0.1) is 11.4 Å². The molecule has 1 heterocycles. The molecule has 0 radical (unpaired) electrons. The van der Waals surface area contributed by atoms with E-state index in [2.05, 4.69) is 28.6 Å². The lowest BCUT2D eigenvalue weighted by Crippen LogP contribution is -2.37. The molecule has 3 rings (SSSR count). The highest BCUT2D eigenvalue weighted by molar-refractivity contribution is 7.80. The fraction of sp³-hybridized carbons (Fsp3) is 0.250. The number of hydrogen-bond donors (Lipinski definition) is 5. The largest absolute Gasteiger partial charge is 0.380 e.